The maximum atomic E-state index is 12.4. The lowest BCUT2D eigenvalue weighted by Crippen LogP contribution is -2.35. The first-order valence-corrected chi connectivity index (χ1v) is 9.47. The molecule has 0 saturated heterocycles. The monoisotopic (exact) mass is 403 g/mol. The Morgan fingerprint density at radius 2 is 1.85 bits per heavy atom. The molecule has 3 aromatic rings. The van der Waals surface area contributed by atoms with E-state index in [0.717, 1.165) is 21.4 Å². The summed E-state index contributed by atoms with van der Waals surface area (Å²) in [7, 11) is 1.59. The summed E-state index contributed by atoms with van der Waals surface area (Å²) in [6, 6.07) is 14.8. The molecular formula is C20H18ClNO4S. The zero-order valence-electron chi connectivity index (χ0n) is 14.8. The average molecular weight is 404 g/mol. The predicted octanol–water partition coefficient (Wildman–Crippen LogP) is 4.43. The van der Waals surface area contributed by atoms with Crippen LogP contribution in [0.4, 0.5) is 0 Å². The van der Waals surface area contributed by atoms with Crippen molar-refractivity contribution in [2.75, 3.05) is 7.11 Å². The quantitative estimate of drug-likeness (QED) is 0.618. The maximum absolute atomic E-state index is 12.4. The molecule has 1 aromatic heterocycles. The third-order valence-corrected chi connectivity index (χ3v) is 5.65. The Balaban J connectivity index is 1.59. The summed E-state index contributed by atoms with van der Waals surface area (Å²) in [5.41, 5.74) is 0.912. The van der Waals surface area contributed by atoms with Gasteiger partial charge in [-0.15, -0.1) is 11.3 Å². The zero-order valence-corrected chi connectivity index (χ0v) is 16.4. The number of benzene rings is 2. The van der Waals surface area contributed by atoms with Gasteiger partial charge in [-0.1, -0.05) is 41.9 Å². The van der Waals surface area contributed by atoms with Crippen molar-refractivity contribution < 1.29 is 19.1 Å². The highest BCUT2D eigenvalue weighted by molar-refractivity contribution is 7.21. The normalized spacial score (nSPS) is 11.8. The van der Waals surface area contributed by atoms with E-state index in [1.807, 2.05) is 48.5 Å². The highest BCUT2D eigenvalue weighted by atomic mass is 35.5. The summed E-state index contributed by atoms with van der Waals surface area (Å²) in [6.45, 7) is 1.86. The molecule has 0 aliphatic carbocycles. The minimum atomic E-state index is -0.933. The lowest BCUT2D eigenvalue weighted by Gasteiger charge is -2.13. The van der Waals surface area contributed by atoms with Crippen LogP contribution in [0.2, 0.25) is 5.02 Å². The fourth-order valence-corrected chi connectivity index (χ4v) is 3.88. The van der Waals surface area contributed by atoms with Gasteiger partial charge in [0.25, 0.3) is 5.91 Å². The SMILES string of the molecule is COc1ccc(CNC(=O)[C@H](C)OC(=O)c2sc3ccccc3c2Cl)cc1. The van der Waals surface area contributed by atoms with Crippen molar-refractivity contribution in [2.45, 2.75) is 19.6 Å². The van der Waals surface area contributed by atoms with E-state index < -0.39 is 12.1 Å². The van der Waals surface area contributed by atoms with Crippen LogP contribution in [0.25, 0.3) is 10.1 Å². The van der Waals surface area contributed by atoms with E-state index in [2.05, 4.69) is 5.32 Å². The van der Waals surface area contributed by atoms with Crippen LogP contribution in [0, 0.1) is 0 Å². The summed E-state index contributed by atoms with van der Waals surface area (Å²) in [4.78, 5) is 24.9. The number of nitrogens with one attached hydrogen (secondary N) is 1. The summed E-state index contributed by atoms with van der Waals surface area (Å²) in [5, 5.41) is 3.90. The van der Waals surface area contributed by atoms with Gasteiger partial charge in [0.2, 0.25) is 0 Å². The van der Waals surface area contributed by atoms with Crippen LogP contribution in [0.1, 0.15) is 22.2 Å². The molecule has 7 heteroatoms. The number of fused-ring (bicyclic) bond motifs is 1. The van der Waals surface area contributed by atoms with Gasteiger partial charge in [0.1, 0.15) is 10.6 Å². The number of ether oxygens (including phenoxy) is 2. The molecule has 1 heterocycles. The Kier molecular flexibility index (Phi) is 5.98. The summed E-state index contributed by atoms with van der Waals surface area (Å²) < 4.78 is 11.3. The van der Waals surface area contributed by atoms with E-state index >= 15 is 0 Å². The van der Waals surface area contributed by atoms with Crippen molar-refractivity contribution in [3.63, 3.8) is 0 Å². The second-order valence-electron chi connectivity index (χ2n) is 5.85. The molecule has 3 rings (SSSR count). The van der Waals surface area contributed by atoms with Crippen LogP contribution in [0.15, 0.2) is 48.5 Å². The van der Waals surface area contributed by atoms with Gasteiger partial charge in [0.15, 0.2) is 6.10 Å². The van der Waals surface area contributed by atoms with Crippen LogP contribution >= 0.6 is 22.9 Å². The molecule has 0 spiro atoms. The van der Waals surface area contributed by atoms with Gasteiger partial charge in [-0.25, -0.2) is 4.79 Å². The Morgan fingerprint density at radius 3 is 2.52 bits per heavy atom. The molecule has 0 fully saturated rings. The van der Waals surface area contributed by atoms with Gasteiger partial charge < -0.3 is 14.8 Å². The van der Waals surface area contributed by atoms with Crippen molar-refractivity contribution in [1.29, 1.82) is 0 Å². The number of esters is 1. The number of hydrogen-bond donors (Lipinski definition) is 1. The first-order valence-electron chi connectivity index (χ1n) is 8.28. The molecule has 0 aliphatic rings. The molecule has 140 valence electrons. The zero-order chi connectivity index (χ0) is 19.4. The van der Waals surface area contributed by atoms with Gasteiger partial charge in [-0.3, -0.25) is 4.79 Å². The summed E-state index contributed by atoms with van der Waals surface area (Å²) in [6.07, 6.45) is -0.933. The predicted molar refractivity (Wildman–Crippen MR) is 107 cm³/mol. The number of rotatable bonds is 6. The molecule has 0 radical (unpaired) electrons. The van der Waals surface area contributed by atoms with E-state index in [0.29, 0.717) is 16.4 Å². The second kappa shape index (κ2) is 8.41. The van der Waals surface area contributed by atoms with Gasteiger partial charge in [-0.2, -0.15) is 0 Å². The van der Waals surface area contributed by atoms with Gasteiger partial charge in [0.05, 0.1) is 12.1 Å². The molecule has 0 unspecified atom stereocenters. The molecule has 0 saturated carbocycles. The van der Waals surface area contributed by atoms with Crippen molar-refractivity contribution in [3.8, 4) is 5.75 Å². The fourth-order valence-electron chi connectivity index (χ4n) is 2.49. The third kappa shape index (κ3) is 4.40. The first kappa shape index (κ1) is 19.2. The highest BCUT2D eigenvalue weighted by Gasteiger charge is 2.23. The van der Waals surface area contributed by atoms with E-state index in [-0.39, 0.29) is 5.91 Å². The average Bonchev–Trinajstić information content (AvgIpc) is 3.03. The van der Waals surface area contributed by atoms with Crippen molar-refractivity contribution >= 4 is 44.9 Å². The van der Waals surface area contributed by atoms with Crippen LogP contribution in [-0.2, 0) is 16.1 Å². The standard InChI is InChI=1S/C20H18ClNO4S/c1-12(19(23)22-11-13-7-9-14(25-2)10-8-13)26-20(24)18-17(21)15-5-3-4-6-16(15)27-18/h3-10,12H,11H2,1-2H3,(H,22,23)/t12-/m0/s1. The highest BCUT2D eigenvalue weighted by Crippen LogP contribution is 2.35. The smallest absolute Gasteiger partial charge is 0.350 e. The van der Waals surface area contributed by atoms with Crippen molar-refractivity contribution in [2.24, 2.45) is 0 Å². The van der Waals surface area contributed by atoms with E-state index in [1.165, 1.54) is 18.3 Å². The number of amides is 1. The van der Waals surface area contributed by atoms with E-state index in [1.54, 1.807) is 7.11 Å². The van der Waals surface area contributed by atoms with E-state index in [4.69, 9.17) is 21.1 Å². The Labute approximate surface area is 165 Å². The molecule has 1 N–H and O–H groups in total. The number of hydrogen-bond acceptors (Lipinski definition) is 5. The number of carbonyl (C=O) groups is 2. The number of methoxy groups -OCH3 is 1. The van der Waals surface area contributed by atoms with Gasteiger partial charge in [0, 0.05) is 16.6 Å². The molecule has 1 atom stereocenters. The molecule has 2 aromatic carbocycles. The Bertz CT molecular complexity index is 968. The third-order valence-electron chi connectivity index (χ3n) is 4.00. The molecule has 0 bridgehead atoms. The molecule has 0 aliphatic heterocycles. The minimum absolute atomic E-state index is 0.299. The molecular weight excluding hydrogens is 386 g/mol. The number of carbonyl (C=O) groups excluding carboxylic acids is 2. The number of halogens is 1. The van der Waals surface area contributed by atoms with E-state index in [9.17, 15) is 9.59 Å². The largest absolute Gasteiger partial charge is 0.497 e. The lowest BCUT2D eigenvalue weighted by atomic mass is 10.2. The lowest BCUT2D eigenvalue weighted by molar-refractivity contribution is -0.129. The van der Waals surface area contributed by atoms with Gasteiger partial charge in [-0.05, 0) is 30.7 Å². The van der Waals surface area contributed by atoms with Crippen LogP contribution in [0.5, 0.6) is 5.75 Å². The van der Waals surface area contributed by atoms with Gasteiger partial charge >= 0.3 is 5.97 Å². The minimum Gasteiger partial charge on any atom is -0.497 e. The topological polar surface area (TPSA) is 64.6 Å². The van der Waals surface area contributed by atoms with Crippen LogP contribution in [-0.4, -0.2) is 25.1 Å². The Hall–Kier alpha value is -2.57. The summed E-state index contributed by atoms with van der Waals surface area (Å²) >= 11 is 7.53. The van der Waals surface area contributed by atoms with Crippen LogP contribution in [0.3, 0.4) is 0 Å². The molecule has 1 amide bonds. The van der Waals surface area contributed by atoms with Crippen molar-refractivity contribution in [1.82, 2.24) is 5.32 Å². The number of thiophene rings is 1. The maximum Gasteiger partial charge on any atom is 0.350 e. The second-order valence-corrected chi connectivity index (χ2v) is 7.28. The first-order chi connectivity index (χ1) is 13.0. The molecule has 27 heavy (non-hydrogen) atoms. The van der Waals surface area contributed by atoms with Crippen LogP contribution < -0.4 is 10.1 Å². The fraction of sp³-hybridized carbons (Fsp3) is 0.200. The summed E-state index contributed by atoms with van der Waals surface area (Å²) in [5.74, 6) is -0.239. The Morgan fingerprint density at radius 1 is 1.15 bits per heavy atom. The van der Waals surface area contributed by atoms with Crippen molar-refractivity contribution in [3.05, 3.63) is 64.0 Å². The molecule has 5 nitrogen and oxygen atoms in total.